The number of rotatable bonds is 6. The Morgan fingerprint density at radius 1 is 1.06 bits per heavy atom. The number of aryl methyl sites for hydroxylation is 1. The molecule has 9 nitrogen and oxygen atoms in total. The first kappa shape index (κ1) is 22.4. The molecular formula is C25H18N2O7. The van der Waals surface area contributed by atoms with E-state index in [0.717, 1.165) is 17.2 Å². The lowest BCUT2D eigenvalue weighted by molar-refractivity contribution is -0.384. The topological polar surface area (TPSA) is 117 Å². The van der Waals surface area contributed by atoms with Crippen molar-refractivity contribution in [3.63, 3.8) is 0 Å². The summed E-state index contributed by atoms with van der Waals surface area (Å²) >= 11 is 0. The number of non-ortho nitro benzene ring substituents is 1. The van der Waals surface area contributed by atoms with Gasteiger partial charge in [0.25, 0.3) is 5.69 Å². The zero-order chi connectivity index (χ0) is 24.2. The molecule has 0 fully saturated rings. The van der Waals surface area contributed by atoms with E-state index >= 15 is 0 Å². The standard InChI is InChI=1S/C25H18N2O7/c1-15-6-3-4-9-19(15)24-26-23(28)22(33-24)13-16-10-11-20(21(12-16)32-2)34-25(29)17-7-5-8-18(14-17)27(30)31/h3-14H,1-2H3/b22-13+. The van der Waals surface area contributed by atoms with Crippen LogP contribution in [0.3, 0.4) is 0 Å². The molecular weight excluding hydrogens is 440 g/mol. The van der Waals surface area contributed by atoms with Gasteiger partial charge in [0.1, 0.15) is 0 Å². The van der Waals surface area contributed by atoms with E-state index in [2.05, 4.69) is 4.99 Å². The molecule has 170 valence electrons. The molecule has 0 spiro atoms. The number of carbonyl (C=O) groups excluding carboxylic acids is 2. The molecule has 0 saturated carbocycles. The van der Waals surface area contributed by atoms with Gasteiger partial charge < -0.3 is 14.2 Å². The molecule has 1 heterocycles. The number of hydrogen-bond donors (Lipinski definition) is 0. The third-order valence-electron chi connectivity index (χ3n) is 4.98. The zero-order valence-corrected chi connectivity index (χ0v) is 18.2. The quantitative estimate of drug-likeness (QED) is 0.176. The van der Waals surface area contributed by atoms with Gasteiger partial charge in [-0.3, -0.25) is 14.9 Å². The van der Waals surface area contributed by atoms with Crippen molar-refractivity contribution < 1.29 is 28.7 Å². The van der Waals surface area contributed by atoms with Gasteiger partial charge in [0.2, 0.25) is 5.90 Å². The van der Waals surface area contributed by atoms with Gasteiger partial charge in [-0.1, -0.05) is 30.3 Å². The van der Waals surface area contributed by atoms with Crippen molar-refractivity contribution >= 4 is 29.5 Å². The van der Waals surface area contributed by atoms with E-state index in [-0.39, 0.29) is 34.4 Å². The lowest BCUT2D eigenvalue weighted by Gasteiger charge is -2.10. The van der Waals surface area contributed by atoms with Gasteiger partial charge in [0.05, 0.1) is 17.6 Å². The Morgan fingerprint density at radius 2 is 1.85 bits per heavy atom. The number of benzene rings is 3. The fourth-order valence-electron chi connectivity index (χ4n) is 3.25. The molecule has 0 saturated heterocycles. The number of nitro benzene ring substituents is 1. The van der Waals surface area contributed by atoms with Crippen molar-refractivity contribution in [3.05, 3.63) is 105 Å². The van der Waals surface area contributed by atoms with Gasteiger partial charge in [-0.2, -0.15) is 4.99 Å². The molecule has 9 heteroatoms. The predicted molar refractivity (Wildman–Crippen MR) is 123 cm³/mol. The van der Waals surface area contributed by atoms with Crippen LogP contribution in [0.2, 0.25) is 0 Å². The summed E-state index contributed by atoms with van der Waals surface area (Å²) in [5, 5.41) is 10.9. The van der Waals surface area contributed by atoms with E-state index in [0.29, 0.717) is 5.56 Å². The van der Waals surface area contributed by atoms with Crippen LogP contribution in [0.25, 0.3) is 6.08 Å². The number of nitrogens with zero attached hydrogens (tertiary/aromatic N) is 2. The molecule has 1 amide bonds. The molecule has 0 bridgehead atoms. The maximum atomic E-state index is 12.5. The number of aliphatic imine (C=N–C) groups is 1. The van der Waals surface area contributed by atoms with Crippen LogP contribution in [0.15, 0.2) is 77.5 Å². The van der Waals surface area contributed by atoms with Crippen LogP contribution in [0.1, 0.15) is 27.0 Å². The van der Waals surface area contributed by atoms with Crippen LogP contribution < -0.4 is 9.47 Å². The minimum absolute atomic E-state index is 0.0216. The Bertz CT molecular complexity index is 1380. The number of amides is 1. The molecule has 1 aliphatic heterocycles. The summed E-state index contributed by atoms with van der Waals surface area (Å²) in [4.78, 5) is 39.1. The monoisotopic (exact) mass is 458 g/mol. The van der Waals surface area contributed by atoms with Gasteiger partial charge in [-0.05, 0) is 48.4 Å². The summed E-state index contributed by atoms with van der Waals surface area (Å²) < 4.78 is 16.4. The second-order valence-electron chi connectivity index (χ2n) is 7.25. The van der Waals surface area contributed by atoms with E-state index < -0.39 is 16.8 Å². The number of hydrogen-bond acceptors (Lipinski definition) is 7. The molecule has 0 atom stereocenters. The number of nitro groups is 1. The smallest absolute Gasteiger partial charge is 0.343 e. The van der Waals surface area contributed by atoms with Crippen molar-refractivity contribution in [2.45, 2.75) is 6.92 Å². The van der Waals surface area contributed by atoms with Crippen LogP contribution in [-0.4, -0.2) is 29.8 Å². The first-order chi connectivity index (χ1) is 16.4. The number of carbonyl (C=O) groups is 2. The molecule has 3 aromatic rings. The lowest BCUT2D eigenvalue weighted by Crippen LogP contribution is -2.09. The fraction of sp³-hybridized carbons (Fsp3) is 0.0800. The van der Waals surface area contributed by atoms with Crippen LogP contribution in [0.5, 0.6) is 11.5 Å². The van der Waals surface area contributed by atoms with E-state index in [1.807, 2.05) is 31.2 Å². The average Bonchev–Trinajstić information content (AvgIpc) is 3.19. The predicted octanol–water partition coefficient (Wildman–Crippen LogP) is 4.48. The van der Waals surface area contributed by atoms with Gasteiger partial charge in [0.15, 0.2) is 17.3 Å². The third-order valence-corrected chi connectivity index (χ3v) is 4.98. The summed E-state index contributed by atoms with van der Waals surface area (Å²) in [6.45, 7) is 1.89. The number of ether oxygens (including phenoxy) is 3. The molecule has 34 heavy (non-hydrogen) atoms. The highest BCUT2D eigenvalue weighted by molar-refractivity contribution is 6.14. The summed E-state index contributed by atoms with van der Waals surface area (Å²) in [7, 11) is 1.40. The fourth-order valence-corrected chi connectivity index (χ4v) is 3.25. The molecule has 4 rings (SSSR count). The maximum Gasteiger partial charge on any atom is 0.343 e. The molecule has 3 aromatic carbocycles. The van der Waals surface area contributed by atoms with E-state index in [9.17, 15) is 19.7 Å². The van der Waals surface area contributed by atoms with E-state index in [1.54, 1.807) is 12.1 Å². The van der Waals surface area contributed by atoms with Crippen LogP contribution >= 0.6 is 0 Å². The Hall–Kier alpha value is -4.79. The molecule has 0 N–H and O–H groups in total. The van der Waals surface area contributed by atoms with Crippen molar-refractivity contribution in [2.24, 2.45) is 4.99 Å². The number of methoxy groups -OCH3 is 1. The summed E-state index contributed by atoms with van der Waals surface area (Å²) in [6, 6.07) is 17.3. The second-order valence-corrected chi connectivity index (χ2v) is 7.25. The van der Waals surface area contributed by atoms with Crippen LogP contribution in [0, 0.1) is 17.0 Å². The second kappa shape index (κ2) is 9.37. The van der Waals surface area contributed by atoms with Gasteiger partial charge in [-0.15, -0.1) is 0 Å². The SMILES string of the molecule is COc1cc(/C=C2/OC(c3ccccc3C)=NC2=O)ccc1OC(=O)c1cccc([N+](=O)[O-])c1. The Labute approximate surface area is 194 Å². The van der Waals surface area contributed by atoms with Crippen molar-refractivity contribution in [1.82, 2.24) is 0 Å². The van der Waals surface area contributed by atoms with Gasteiger partial charge >= 0.3 is 11.9 Å². The molecule has 1 aliphatic rings. The highest BCUT2D eigenvalue weighted by Gasteiger charge is 2.25. The summed E-state index contributed by atoms with van der Waals surface area (Å²) in [5.74, 6) is -0.696. The van der Waals surface area contributed by atoms with E-state index in [4.69, 9.17) is 14.2 Å². The lowest BCUT2D eigenvalue weighted by atomic mass is 10.1. The normalized spacial score (nSPS) is 13.9. The van der Waals surface area contributed by atoms with Crippen molar-refractivity contribution in [3.8, 4) is 11.5 Å². The maximum absolute atomic E-state index is 12.5. The molecule has 0 aliphatic carbocycles. The van der Waals surface area contributed by atoms with Crippen molar-refractivity contribution in [1.29, 1.82) is 0 Å². The van der Waals surface area contributed by atoms with Crippen LogP contribution in [-0.2, 0) is 9.53 Å². The third kappa shape index (κ3) is 4.68. The Kier molecular flexibility index (Phi) is 6.18. The van der Waals surface area contributed by atoms with Crippen molar-refractivity contribution in [2.75, 3.05) is 7.11 Å². The Balaban J connectivity index is 1.54. The van der Waals surface area contributed by atoms with Crippen LogP contribution in [0.4, 0.5) is 5.69 Å². The largest absolute Gasteiger partial charge is 0.493 e. The van der Waals surface area contributed by atoms with Gasteiger partial charge in [-0.25, -0.2) is 4.79 Å². The highest BCUT2D eigenvalue weighted by atomic mass is 16.6. The minimum Gasteiger partial charge on any atom is -0.493 e. The minimum atomic E-state index is -0.779. The molecule has 0 radical (unpaired) electrons. The summed E-state index contributed by atoms with van der Waals surface area (Å²) in [6.07, 6.45) is 1.51. The first-order valence-electron chi connectivity index (χ1n) is 10.1. The van der Waals surface area contributed by atoms with Gasteiger partial charge in [0, 0.05) is 17.7 Å². The first-order valence-corrected chi connectivity index (χ1v) is 10.1. The highest BCUT2D eigenvalue weighted by Crippen LogP contribution is 2.31. The average molecular weight is 458 g/mol. The van der Waals surface area contributed by atoms with E-state index in [1.165, 1.54) is 37.5 Å². The summed E-state index contributed by atoms with van der Waals surface area (Å²) in [5.41, 5.74) is 1.99. The Morgan fingerprint density at radius 3 is 2.59 bits per heavy atom. The molecule has 0 unspecified atom stereocenters. The number of esters is 1. The molecule has 0 aromatic heterocycles. The zero-order valence-electron chi connectivity index (χ0n) is 18.2.